The van der Waals surface area contributed by atoms with Gasteiger partial charge in [-0.1, -0.05) is 5.16 Å². The number of rotatable bonds is 7. The maximum Gasteiger partial charge on any atom is 0.229 e. The molecule has 106 valence electrons. The van der Waals surface area contributed by atoms with Gasteiger partial charge in [0, 0.05) is 25.0 Å². The van der Waals surface area contributed by atoms with Gasteiger partial charge in [0.2, 0.25) is 5.89 Å². The molecule has 6 heteroatoms. The summed E-state index contributed by atoms with van der Waals surface area (Å²) in [6, 6.07) is 0.529. The Labute approximate surface area is 113 Å². The summed E-state index contributed by atoms with van der Waals surface area (Å²) in [5.41, 5.74) is 0. The average molecular weight is 266 g/mol. The number of hydrogen-bond donors (Lipinski definition) is 2. The van der Waals surface area contributed by atoms with E-state index in [0.717, 1.165) is 24.8 Å². The molecular weight excluding hydrogens is 244 g/mol. The van der Waals surface area contributed by atoms with Crippen molar-refractivity contribution < 1.29 is 9.63 Å². The number of aliphatic hydroxyl groups excluding tert-OH is 1. The first-order valence-corrected chi connectivity index (χ1v) is 7.24. The first-order valence-electron chi connectivity index (χ1n) is 7.24. The molecule has 1 saturated heterocycles. The predicted octanol–water partition coefficient (Wildman–Crippen LogP) is 0.493. The lowest BCUT2D eigenvalue weighted by Crippen LogP contribution is -2.38. The standard InChI is InChI=1S/C13H22N4O2/c18-7-6-17(8-11-2-1-5-14-11)9-12-15-13(19-16-12)10-3-4-10/h10-11,14,18H,1-9H2. The lowest BCUT2D eigenvalue weighted by molar-refractivity contribution is 0.174. The first kappa shape index (κ1) is 13.0. The van der Waals surface area contributed by atoms with Crippen LogP contribution in [0.5, 0.6) is 0 Å². The number of aromatic nitrogens is 2. The number of hydrogen-bond acceptors (Lipinski definition) is 6. The van der Waals surface area contributed by atoms with Crippen molar-refractivity contribution >= 4 is 0 Å². The second-order valence-electron chi connectivity index (χ2n) is 5.58. The van der Waals surface area contributed by atoms with Crippen molar-refractivity contribution in [3.05, 3.63) is 11.7 Å². The average Bonchev–Trinajstić information content (AvgIpc) is 2.93. The van der Waals surface area contributed by atoms with Gasteiger partial charge in [0.25, 0.3) is 0 Å². The molecule has 1 unspecified atom stereocenters. The van der Waals surface area contributed by atoms with Crippen LogP contribution in [0, 0.1) is 0 Å². The normalized spacial score (nSPS) is 23.4. The van der Waals surface area contributed by atoms with Gasteiger partial charge in [-0.15, -0.1) is 0 Å². The zero-order valence-corrected chi connectivity index (χ0v) is 11.2. The van der Waals surface area contributed by atoms with Crippen LogP contribution in [-0.2, 0) is 6.54 Å². The van der Waals surface area contributed by atoms with Crippen molar-refractivity contribution in [3.63, 3.8) is 0 Å². The van der Waals surface area contributed by atoms with Gasteiger partial charge in [0.15, 0.2) is 5.82 Å². The number of aliphatic hydroxyl groups is 1. The van der Waals surface area contributed by atoms with E-state index in [0.29, 0.717) is 25.0 Å². The van der Waals surface area contributed by atoms with Gasteiger partial charge in [-0.05, 0) is 32.2 Å². The molecule has 6 nitrogen and oxygen atoms in total. The molecule has 0 bridgehead atoms. The highest BCUT2D eigenvalue weighted by Crippen LogP contribution is 2.38. The van der Waals surface area contributed by atoms with E-state index in [2.05, 4.69) is 20.4 Å². The second-order valence-corrected chi connectivity index (χ2v) is 5.58. The summed E-state index contributed by atoms with van der Waals surface area (Å²) < 4.78 is 5.27. The fourth-order valence-electron chi connectivity index (χ4n) is 2.63. The fourth-order valence-corrected chi connectivity index (χ4v) is 2.63. The molecule has 0 radical (unpaired) electrons. The third-order valence-corrected chi connectivity index (χ3v) is 3.83. The van der Waals surface area contributed by atoms with E-state index in [1.54, 1.807) is 0 Å². The molecule has 1 saturated carbocycles. The topological polar surface area (TPSA) is 74.4 Å². The highest BCUT2D eigenvalue weighted by atomic mass is 16.5. The van der Waals surface area contributed by atoms with E-state index < -0.39 is 0 Å². The molecule has 2 fully saturated rings. The molecular formula is C13H22N4O2. The lowest BCUT2D eigenvalue weighted by Gasteiger charge is -2.23. The maximum absolute atomic E-state index is 9.17. The minimum atomic E-state index is 0.167. The van der Waals surface area contributed by atoms with E-state index in [1.807, 2.05) is 0 Å². The summed E-state index contributed by atoms with van der Waals surface area (Å²) in [5, 5.41) is 16.7. The largest absolute Gasteiger partial charge is 0.395 e. The summed E-state index contributed by atoms with van der Waals surface area (Å²) in [5.74, 6) is 2.04. The summed E-state index contributed by atoms with van der Waals surface area (Å²) >= 11 is 0. The summed E-state index contributed by atoms with van der Waals surface area (Å²) in [7, 11) is 0. The Balaban J connectivity index is 1.55. The molecule has 1 aliphatic carbocycles. The molecule has 2 aliphatic rings. The van der Waals surface area contributed by atoms with Crippen LogP contribution in [0.15, 0.2) is 4.52 Å². The third kappa shape index (κ3) is 3.52. The lowest BCUT2D eigenvalue weighted by atomic mass is 10.2. The molecule has 2 N–H and O–H groups in total. The Kier molecular flexibility index (Phi) is 4.10. The molecule has 0 amide bonds. The summed E-state index contributed by atoms with van der Waals surface area (Å²) in [6.45, 7) is 3.53. The smallest absolute Gasteiger partial charge is 0.229 e. The third-order valence-electron chi connectivity index (χ3n) is 3.83. The van der Waals surface area contributed by atoms with E-state index >= 15 is 0 Å². The van der Waals surface area contributed by atoms with Gasteiger partial charge in [0.1, 0.15) is 0 Å². The number of nitrogens with one attached hydrogen (secondary N) is 1. The Morgan fingerprint density at radius 1 is 1.37 bits per heavy atom. The van der Waals surface area contributed by atoms with Crippen LogP contribution in [0.3, 0.4) is 0 Å². The van der Waals surface area contributed by atoms with Crippen LogP contribution in [0.2, 0.25) is 0 Å². The molecule has 1 aliphatic heterocycles. The number of nitrogens with zero attached hydrogens (tertiary/aromatic N) is 3. The van der Waals surface area contributed by atoms with Gasteiger partial charge in [0.05, 0.1) is 13.2 Å². The highest BCUT2D eigenvalue weighted by Gasteiger charge is 2.30. The van der Waals surface area contributed by atoms with Crippen molar-refractivity contribution in [3.8, 4) is 0 Å². The predicted molar refractivity (Wildman–Crippen MR) is 69.7 cm³/mol. The van der Waals surface area contributed by atoms with E-state index in [1.165, 1.54) is 25.7 Å². The van der Waals surface area contributed by atoms with E-state index in [-0.39, 0.29) is 6.61 Å². The van der Waals surface area contributed by atoms with Crippen LogP contribution in [0.1, 0.15) is 43.3 Å². The van der Waals surface area contributed by atoms with Crippen molar-refractivity contribution in [1.29, 1.82) is 0 Å². The zero-order chi connectivity index (χ0) is 13.1. The molecule has 0 aromatic carbocycles. The first-order chi connectivity index (χ1) is 9.35. The quantitative estimate of drug-likeness (QED) is 0.748. The van der Waals surface area contributed by atoms with Crippen molar-refractivity contribution in [1.82, 2.24) is 20.4 Å². The summed E-state index contributed by atoms with van der Waals surface area (Å²) in [6.07, 6.45) is 4.80. The fraction of sp³-hybridized carbons (Fsp3) is 0.846. The minimum Gasteiger partial charge on any atom is -0.395 e. The Morgan fingerprint density at radius 3 is 2.95 bits per heavy atom. The van der Waals surface area contributed by atoms with E-state index in [4.69, 9.17) is 9.63 Å². The molecule has 1 aromatic rings. The van der Waals surface area contributed by atoms with Gasteiger partial charge >= 0.3 is 0 Å². The molecule has 19 heavy (non-hydrogen) atoms. The van der Waals surface area contributed by atoms with Gasteiger partial charge in [-0.3, -0.25) is 4.90 Å². The molecule has 2 heterocycles. The second kappa shape index (κ2) is 5.98. The molecule has 1 atom stereocenters. The highest BCUT2D eigenvalue weighted by molar-refractivity contribution is 5.01. The SMILES string of the molecule is OCCN(Cc1noc(C2CC2)n1)CC1CCCN1. The van der Waals surface area contributed by atoms with Crippen LogP contribution < -0.4 is 5.32 Å². The van der Waals surface area contributed by atoms with E-state index in [9.17, 15) is 0 Å². The molecule has 1 aromatic heterocycles. The zero-order valence-electron chi connectivity index (χ0n) is 11.2. The van der Waals surface area contributed by atoms with Crippen LogP contribution in [0.25, 0.3) is 0 Å². The van der Waals surface area contributed by atoms with Crippen LogP contribution >= 0.6 is 0 Å². The molecule has 0 spiro atoms. The van der Waals surface area contributed by atoms with Crippen molar-refractivity contribution in [2.45, 2.75) is 44.2 Å². The van der Waals surface area contributed by atoms with Gasteiger partial charge < -0.3 is 14.9 Å². The Morgan fingerprint density at radius 2 is 2.26 bits per heavy atom. The van der Waals surface area contributed by atoms with Crippen molar-refractivity contribution in [2.75, 3.05) is 26.2 Å². The van der Waals surface area contributed by atoms with Crippen LogP contribution in [0.4, 0.5) is 0 Å². The van der Waals surface area contributed by atoms with Crippen LogP contribution in [-0.4, -0.2) is 52.4 Å². The van der Waals surface area contributed by atoms with Crippen molar-refractivity contribution in [2.24, 2.45) is 0 Å². The minimum absolute atomic E-state index is 0.167. The monoisotopic (exact) mass is 266 g/mol. The Hall–Kier alpha value is -0.980. The van der Waals surface area contributed by atoms with Gasteiger partial charge in [-0.25, -0.2) is 0 Å². The Bertz CT molecular complexity index is 399. The molecule has 3 rings (SSSR count). The van der Waals surface area contributed by atoms with Gasteiger partial charge in [-0.2, -0.15) is 4.98 Å². The maximum atomic E-state index is 9.17. The summed E-state index contributed by atoms with van der Waals surface area (Å²) in [4.78, 5) is 6.65.